The molecular formula is C31H35N5O5. The lowest BCUT2D eigenvalue weighted by Crippen LogP contribution is -2.47. The summed E-state index contributed by atoms with van der Waals surface area (Å²) >= 11 is 0. The van der Waals surface area contributed by atoms with E-state index in [0.29, 0.717) is 12.2 Å². The Morgan fingerprint density at radius 2 is 1.73 bits per heavy atom. The Balaban J connectivity index is 1.35. The van der Waals surface area contributed by atoms with Crippen LogP contribution < -0.4 is 15.1 Å². The molecule has 2 amide bonds. The smallest absolute Gasteiger partial charge is 0.411 e. The van der Waals surface area contributed by atoms with Crippen molar-refractivity contribution in [1.82, 2.24) is 9.88 Å². The molecule has 0 bridgehead atoms. The summed E-state index contributed by atoms with van der Waals surface area (Å²) in [5.74, 6) is 0.0675. The van der Waals surface area contributed by atoms with Crippen LogP contribution in [-0.2, 0) is 20.9 Å². The topological polar surface area (TPSA) is 115 Å². The number of hydrogen-bond acceptors (Lipinski definition) is 7. The van der Waals surface area contributed by atoms with E-state index in [1.165, 1.54) is 7.11 Å². The van der Waals surface area contributed by atoms with Crippen molar-refractivity contribution < 1.29 is 24.2 Å². The Morgan fingerprint density at radius 3 is 2.41 bits per heavy atom. The van der Waals surface area contributed by atoms with Crippen molar-refractivity contribution >= 4 is 35.2 Å². The number of carboxylic acid groups (broad SMARTS) is 1. The number of ether oxygens (including phenoxy) is 1. The van der Waals surface area contributed by atoms with Crippen LogP contribution in [0.15, 0.2) is 66.9 Å². The molecule has 10 nitrogen and oxygen atoms in total. The third-order valence-electron chi connectivity index (χ3n) is 7.48. The van der Waals surface area contributed by atoms with Crippen molar-refractivity contribution in [3.63, 3.8) is 0 Å². The van der Waals surface area contributed by atoms with Gasteiger partial charge in [-0.25, -0.2) is 9.78 Å². The van der Waals surface area contributed by atoms with E-state index in [-0.39, 0.29) is 24.8 Å². The second-order valence-electron chi connectivity index (χ2n) is 10.4. The summed E-state index contributed by atoms with van der Waals surface area (Å²) in [6.45, 7) is 3.67. The number of benzene rings is 2. The third-order valence-corrected chi connectivity index (χ3v) is 7.48. The predicted molar refractivity (Wildman–Crippen MR) is 157 cm³/mol. The lowest BCUT2D eigenvalue weighted by molar-refractivity contribution is -0.139. The van der Waals surface area contributed by atoms with Crippen molar-refractivity contribution in [2.45, 2.75) is 25.8 Å². The lowest BCUT2D eigenvalue weighted by atomic mass is 10.0. The highest BCUT2D eigenvalue weighted by molar-refractivity contribution is 5.91. The number of aliphatic carboxylic acids is 1. The van der Waals surface area contributed by atoms with Crippen LogP contribution in [0.3, 0.4) is 0 Å². The maximum absolute atomic E-state index is 12.8. The Bertz CT molecular complexity index is 1390. The molecule has 0 radical (unpaired) electrons. The fourth-order valence-corrected chi connectivity index (χ4v) is 5.13. The van der Waals surface area contributed by atoms with Crippen LogP contribution >= 0.6 is 0 Å². The number of hydrogen-bond donors (Lipinski definition) is 2. The van der Waals surface area contributed by atoms with E-state index in [1.54, 1.807) is 11.1 Å². The SMILES string of the molecule is COC(=O)Nc1cc(-c2cccc(CN(CCC(=O)O)C(=O)C3CC3)c2)ccc1N1CCN(c2ccccn2)CC1. The first-order valence-electron chi connectivity index (χ1n) is 13.9. The van der Waals surface area contributed by atoms with Gasteiger partial charge in [0.2, 0.25) is 5.91 Å². The molecule has 214 valence electrons. The summed E-state index contributed by atoms with van der Waals surface area (Å²) < 4.78 is 4.90. The Kier molecular flexibility index (Phi) is 8.67. The summed E-state index contributed by atoms with van der Waals surface area (Å²) in [4.78, 5) is 46.9. The Morgan fingerprint density at radius 1 is 0.976 bits per heavy atom. The van der Waals surface area contributed by atoms with E-state index in [9.17, 15) is 14.4 Å². The number of piperazine rings is 1. The van der Waals surface area contributed by atoms with Gasteiger partial charge >= 0.3 is 12.1 Å². The van der Waals surface area contributed by atoms with Crippen LogP contribution in [0.5, 0.6) is 0 Å². The average molecular weight is 558 g/mol. The van der Waals surface area contributed by atoms with Crippen LogP contribution in [0.2, 0.25) is 0 Å². The standard InChI is InChI=1S/C31H35N5O5/c1-41-31(40)33-26-20-25(10-11-27(26)34-15-17-35(18-16-34)28-7-2-3-13-32-28)24-6-4-5-22(19-24)21-36(14-12-29(37)38)30(39)23-8-9-23/h2-7,10-11,13,19-20,23H,8-9,12,14-18,21H2,1H3,(H,33,40)(H,37,38). The first-order valence-corrected chi connectivity index (χ1v) is 13.9. The molecular weight excluding hydrogens is 522 g/mol. The van der Waals surface area contributed by atoms with Crippen molar-refractivity contribution in [2.24, 2.45) is 5.92 Å². The van der Waals surface area contributed by atoms with E-state index < -0.39 is 12.1 Å². The minimum atomic E-state index is -0.920. The molecule has 10 heteroatoms. The predicted octanol–water partition coefficient (Wildman–Crippen LogP) is 4.47. The molecule has 1 aromatic heterocycles. The van der Waals surface area contributed by atoms with Gasteiger partial charge in [-0.1, -0.05) is 30.3 Å². The molecule has 0 unspecified atom stereocenters. The minimum Gasteiger partial charge on any atom is -0.481 e. The monoisotopic (exact) mass is 557 g/mol. The van der Waals surface area contributed by atoms with Crippen LogP contribution in [0.4, 0.5) is 22.0 Å². The number of amides is 2. The summed E-state index contributed by atoms with van der Waals surface area (Å²) in [5, 5.41) is 12.0. The number of anilines is 3. The summed E-state index contributed by atoms with van der Waals surface area (Å²) in [7, 11) is 1.34. The number of rotatable bonds is 10. The van der Waals surface area contributed by atoms with Gasteiger partial charge in [0.1, 0.15) is 5.82 Å². The number of aromatic nitrogens is 1. The molecule has 0 atom stereocenters. The maximum Gasteiger partial charge on any atom is 0.411 e. The number of methoxy groups -OCH3 is 1. The molecule has 1 saturated carbocycles. The normalized spacial score (nSPS) is 14.9. The zero-order valence-electron chi connectivity index (χ0n) is 23.2. The molecule has 1 aliphatic carbocycles. The van der Waals surface area contributed by atoms with E-state index >= 15 is 0 Å². The van der Waals surface area contributed by atoms with Crippen molar-refractivity contribution in [3.8, 4) is 11.1 Å². The van der Waals surface area contributed by atoms with Crippen LogP contribution in [0, 0.1) is 5.92 Å². The van der Waals surface area contributed by atoms with Crippen molar-refractivity contribution in [2.75, 3.05) is 55.0 Å². The number of nitrogens with zero attached hydrogens (tertiary/aromatic N) is 4. The molecule has 1 aliphatic heterocycles. The maximum atomic E-state index is 12.8. The molecule has 5 rings (SSSR count). The number of carboxylic acids is 1. The molecule has 1 saturated heterocycles. The summed E-state index contributed by atoms with van der Waals surface area (Å²) in [5.41, 5.74) is 4.31. The quantitative estimate of drug-likeness (QED) is 0.375. The number of pyridine rings is 1. The second-order valence-corrected chi connectivity index (χ2v) is 10.4. The number of nitrogens with one attached hydrogen (secondary N) is 1. The highest BCUT2D eigenvalue weighted by atomic mass is 16.5. The second kappa shape index (κ2) is 12.7. The molecule has 41 heavy (non-hydrogen) atoms. The van der Waals surface area contributed by atoms with E-state index in [0.717, 1.165) is 67.2 Å². The van der Waals surface area contributed by atoms with E-state index in [4.69, 9.17) is 9.84 Å². The van der Waals surface area contributed by atoms with Crippen LogP contribution in [-0.4, -0.2) is 72.8 Å². The number of carbonyl (C=O) groups excluding carboxylic acids is 2. The molecule has 2 N–H and O–H groups in total. The van der Waals surface area contributed by atoms with Gasteiger partial charge < -0.3 is 24.5 Å². The summed E-state index contributed by atoms with van der Waals surface area (Å²) in [6, 6.07) is 19.8. The molecule has 0 spiro atoms. The van der Waals surface area contributed by atoms with Crippen LogP contribution in [0.25, 0.3) is 11.1 Å². The summed E-state index contributed by atoms with van der Waals surface area (Å²) in [6.07, 6.45) is 2.90. The molecule has 3 aromatic rings. The van der Waals surface area contributed by atoms with Crippen molar-refractivity contribution in [3.05, 3.63) is 72.4 Å². The van der Waals surface area contributed by atoms with Gasteiger partial charge in [0, 0.05) is 51.4 Å². The van der Waals surface area contributed by atoms with E-state index in [1.807, 2.05) is 60.7 Å². The fourth-order valence-electron chi connectivity index (χ4n) is 5.13. The lowest BCUT2D eigenvalue weighted by Gasteiger charge is -2.37. The van der Waals surface area contributed by atoms with Gasteiger partial charge in [-0.15, -0.1) is 0 Å². The van der Waals surface area contributed by atoms with Gasteiger partial charge in [-0.3, -0.25) is 14.9 Å². The largest absolute Gasteiger partial charge is 0.481 e. The third kappa shape index (κ3) is 7.13. The zero-order chi connectivity index (χ0) is 28.8. The van der Waals surface area contributed by atoms with Gasteiger partial charge in [0.25, 0.3) is 0 Å². The van der Waals surface area contributed by atoms with Crippen LogP contribution in [0.1, 0.15) is 24.8 Å². The van der Waals surface area contributed by atoms with Gasteiger partial charge in [-0.2, -0.15) is 0 Å². The highest BCUT2D eigenvalue weighted by Gasteiger charge is 2.33. The average Bonchev–Trinajstić information content (AvgIpc) is 3.85. The highest BCUT2D eigenvalue weighted by Crippen LogP contribution is 2.34. The molecule has 2 heterocycles. The van der Waals surface area contributed by atoms with Gasteiger partial charge in [0.15, 0.2) is 0 Å². The zero-order valence-corrected chi connectivity index (χ0v) is 23.2. The minimum absolute atomic E-state index is 0.0114. The Labute approximate surface area is 239 Å². The number of carbonyl (C=O) groups is 3. The van der Waals surface area contributed by atoms with Gasteiger partial charge in [-0.05, 0) is 59.9 Å². The first kappa shape index (κ1) is 27.9. The fraction of sp³-hybridized carbons (Fsp3) is 0.355. The molecule has 2 aliphatic rings. The molecule has 2 aromatic carbocycles. The first-order chi connectivity index (χ1) is 19.9. The van der Waals surface area contributed by atoms with Crippen molar-refractivity contribution in [1.29, 1.82) is 0 Å². The Hall–Kier alpha value is -4.60. The van der Waals surface area contributed by atoms with E-state index in [2.05, 4.69) is 20.1 Å². The molecule has 2 fully saturated rings. The van der Waals surface area contributed by atoms with Gasteiger partial charge in [0.05, 0.1) is 24.9 Å².